The molecule has 0 spiro atoms. The first-order chi connectivity index (χ1) is 8.32. The lowest BCUT2D eigenvalue weighted by atomic mass is 9.94. The predicted molar refractivity (Wildman–Crippen MR) is 69.9 cm³/mol. The monoisotopic (exact) mass is 274 g/mol. The van der Waals surface area contributed by atoms with Gasteiger partial charge < -0.3 is 15.6 Å². The lowest BCUT2D eigenvalue weighted by Crippen LogP contribution is -2.44. The summed E-state index contributed by atoms with van der Waals surface area (Å²) >= 11 is 4.51. The van der Waals surface area contributed by atoms with E-state index in [4.69, 9.17) is 5.73 Å². The van der Waals surface area contributed by atoms with Crippen LogP contribution >= 0.6 is 12.2 Å². The number of hydrazine groups is 1. The largest absolute Gasteiger partial charge is 0.550 e. The number of nitrogens with two attached hydrogens (primary N) is 1. The molecule has 0 saturated carbocycles. The van der Waals surface area contributed by atoms with Crippen LogP contribution in [0.15, 0.2) is 0 Å². The molecule has 0 saturated heterocycles. The number of carbonyl (C=O) groups excluding carboxylic acids is 2. The van der Waals surface area contributed by atoms with E-state index in [1.54, 1.807) is 0 Å². The van der Waals surface area contributed by atoms with Crippen molar-refractivity contribution in [3.63, 3.8) is 0 Å². The third kappa shape index (κ3) is 8.74. The van der Waals surface area contributed by atoms with Crippen molar-refractivity contribution in [2.75, 3.05) is 0 Å². The molecule has 104 valence electrons. The zero-order valence-corrected chi connectivity index (χ0v) is 11.5. The number of rotatable bonds is 7. The lowest BCUT2D eigenvalue weighted by Gasteiger charge is -2.18. The molecule has 1 amide bonds. The maximum absolute atomic E-state index is 11.3. The molecule has 0 rings (SSSR count). The van der Waals surface area contributed by atoms with Crippen molar-refractivity contribution >= 4 is 29.2 Å². The summed E-state index contributed by atoms with van der Waals surface area (Å²) < 4.78 is 0. The van der Waals surface area contributed by atoms with Crippen LogP contribution in [0, 0.1) is 11.8 Å². The van der Waals surface area contributed by atoms with Crippen molar-refractivity contribution in [3.05, 3.63) is 0 Å². The average Bonchev–Trinajstić information content (AvgIpc) is 2.25. The number of nitrogens with one attached hydrogen (secondary N) is 2. The highest BCUT2D eigenvalue weighted by atomic mass is 32.1. The molecule has 1 atom stereocenters. The molecular weight excluding hydrogens is 254 g/mol. The molecule has 0 radical (unpaired) electrons. The van der Waals surface area contributed by atoms with E-state index in [0.29, 0.717) is 12.3 Å². The van der Waals surface area contributed by atoms with Gasteiger partial charge in [0.25, 0.3) is 0 Å². The van der Waals surface area contributed by atoms with Gasteiger partial charge in [-0.2, -0.15) is 0 Å². The number of hydrogen-bond donors (Lipinski definition) is 3. The highest BCUT2D eigenvalue weighted by molar-refractivity contribution is 7.80. The predicted octanol–water partition coefficient (Wildman–Crippen LogP) is -0.567. The molecule has 0 unspecified atom stereocenters. The summed E-state index contributed by atoms with van der Waals surface area (Å²) in [7, 11) is 0. The van der Waals surface area contributed by atoms with Gasteiger partial charge in [-0.15, -0.1) is 0 Å². The molecule has 0 aromatic heterocycles. The van der Waals surface area contributed by atoms with E-state index in [1.807, 2.05) is 13.8 Å². The number of thiocarbonyl (C=S) groups is 1. The van der Waals surface area contributed by atoms with Crippen LogP contribution < -0.4 is 21.7 Å². The summed E-state index contributed by atoms with van der Waals surface area (Å²) in [4.78, 5) is 22.2. The average molecular weight is 274 g/mol. The normalized spacial score (nSPS) is 11.9. The van der Waals surface area contributed by atoms with Gasteiger partial charge in [0.05, 0.1) is 0 Å². The Balaban J connectivity index is 3.99. The third-order valence-corrected chi connectivity index (χ3v) is 2.57. The number of amides is 1. The van der Waals surface area contributed by atoms with Gasteiger partial charge in [0.15, 0.2) is 5.11 Å². The van der Waals surface area contributed by atoms with Gasteiger partial charge in [-0.3, -0.25) is 15.6 Å². The van der Waals surface area contributed by atoms with E-state index in [2.05, 4.69) is 23.1 Å². The molecule has 18 heavy (non-hydrogen) atoms. The summed E-state index contributed by atoms with van der Waals surface area (Å²) in [5.41, 5.74) is 9.70. The van der Waals surface area contributed by atoms with Gasteiger partial charge in [0.1, 0.15) is 0 Å². The Labute approximate surface area is 112 Å². The quantitative estimate of drug-likeness (QED) is 0.424. The number of carbonyl (C=O) groups is 2. The Hall–Kier alpha value is -1.37. The van der Waals surface area contributed by atoms with Gasteiger partial charge in [0, 0.05) is 12.4 Å². The fraction of sp³-hybridized carbons (Fsp3) is 0.727. The summed E-state index contributed by atoms with van der Waals surface area (Å²) in [5.74, 6) is -1.62. The molecule has 0 aliphatic carbocycles. The molecule has 0 aromatic carbocycles. The number of carboxylic acid groups (broad SMARTS) is 1. The van der Waals surface area contributed by atoms with E-state index in [1.165, 1.54) is 0 Å². The molecular formula is C11H20N3O3S-. The van der Waals surface area contributed by atoms with Crippen molar-refractivity contribution in [2.45, 2.75) is 39.5 Å². The van der Waals surface area contributed by atoms with Gasteiger partial charge in [-0.25, -0.2) is 0 Å². The number of hydrogen-bond acceptors (Lipinski definition) is 4. The molecule has 6 nitrogen and oxygen atoms in total. The maximum Gasteiger partial charge on any atom is 0.238 e. The first-order valence-corrected chi connectivity index (χ1v) is 6.29. The standard InChI is InChI=1S/C11H21N3O3S/c1-7(2)3-4-8(10(16)17)5-6-9(15)13-14-11(12)18/h7-8H,3-6H2,1-2H3,(H,13,15)(H,16,17)(H3,12,14,18)/p-1/t8-/m0/s1. The van der Waals surface area contributed by atoms with Crippen molar-refractivity contribution in [1.29, 1.82) is 0 Å². The maximum atomic E-state index is 11.3. The Bertz CT molecular complexity index is 308. The molecule has 0 heterocycles. The molecule has 4 N–H and O–H groups in total. The fourth-order valence-corrected chi connectivity index (χ4v) is 1.46. The van der Waals surface area contributed by atoms with Crippen molar-refractivity contribution in [2.24, 2.45) is 17.6 Å². The van der Waals surface area contributed by atoms with Crippen LogP contribution in [0.1, 0.15) is 39.5 Å². The van der Waals surface area contributed by atoms with Gasteiger partial charge in [0.2, 0.25) is 5.91 Å². The Morgan fingerprint density at radius 2 is 1.83 bits per heavy atom. The summed E-state index contributed by atoms with van der Waals surface area (Å²) in [6.45, 7) is 4.04. The fourth-order valence-electron chi connectivity index (χ4n) is 1.41. The van der Waals surface area contributed by atoms with Crippen LogP contribution in [0.2, 0.25) is 0 Å². The minimum absolute atomic E-state index is 0.0420. The second kappa shape index (κ2) is 8.68. The van der Waals surface area contributed by atoms with Gasteiger partial charge in [-0.05, 0) is 36.9 Å². The summed E-state index contributed by atoms with van der Waals surface area (Å²) in [5, 5.41) is 10.8. The Kier molecular flexibility index (Phi) is 8.02. The molecule has 7 heteroatoms. The highest BCUT2D eigenvalue weighted by Gasteiger charge is 2.13. The zero-order valence-electron chi connectivity index (χ0n) is 10.7. The van der Waals surface area contributed by atoms with Crippen LogP contribution in [0.3, 0.4) is 0 Å². The van der Waals surface area contributed by atoms with E-state index in [0.717, 1.165) is 6.42 Å². The second-order valence-corrected chi connectivity index (χ2v) is 5.00. The zero-order chi connectivity index (χ0) is 14.1. The molecule has 0 aliphatic rings. The lowest BCUT2D eigenvalue weighted by molar-refractivity contribution is -0.312. The minimum atomic E-state index is -1.11. The summed E-state index contributed by atoms with van der Waals surface area (Å²) in [6, 6.07) is 0. The third-order valence-electron chi connectivity index (χ3n) is 2.47. The minimum Gasteiger partial charge on any atom is -0.550 e. The van der Waals surface area contributed by atoms with E-state index in [-0.39, 0.29) is 23.9 Å². The van der Waals surface area contributed by atoms with Gasteiger partial charge in [-0.1, -0.05) is 20.3 Å². The number of aliphatic carboxylic acids is 1. The van der Waals surface area contributed by atoms with Crippen LogP contribution in [-0.2, 0) is 9.59 Å². The van der Waals surface area contributed by atoms with E-state index in [9.17, 15) is 14.7 Å². The van der Waals surface area contributed by atoms with Crippen LogP contribution in [0.4, 0.5) is 0 Å². The molecule has 0 aromatic rings. The first-order valence-electron chi connectivity index (χ1n) is 5.88. The van der Waals surface area contributed by atoms with Gasteiger partial charge >= 0.3 is 0 Å². The topological polar surface area (TPSA) is 107 Å². The van der Waals surface area contributed by atoms with E-state index < -0.39 is 11.9 Å². The number of carboxylic acids is 1. The first kappa shape index (κ1) is 16.6. The van der Waals surface area contributed by atoms with Crippen molar-refractivity contribution in [1.82, 2.24) is 10.9 Å². The van der Waals surface area contributed by atoms with Crippen molar-refractivity contribution in [3.8, 4) is 0 Å². The summed E-state index contributed by atoms with van der Waals surface area (Å²) in [6.07, 6.45) is 1.66. The van der Waals surface area contributed by atoms with Crippen LogP contribution in [-0.4, -0.2) is 17.0 Å². The molecule has 0 aliphatic heterocycles. The molecule has 0 fully saturated rings. The van der Waals surface area contributed by atoms with E-state index >= 15 is 0 Å². The second-order valence-electron chi connectivity index (χ2n) is 4.56. The Morgan fingerprint density at radius 1 is 1.22 bits per heavy atom. The highest BCUT2D eigenvalue weighted by Crippen LogP contribution is 2.16. The van der Waals surface area contributed by atoms with Crippen molar-refractivity contribution < 1.29 is 14.7 Å². The molecule has 0 bridgehead atoms. The smallest absolute Gasteiger partial charge is 0.238 e. The van der Waals surface area contributed by atoms with Crippen LogP contribution in [0.25, 0.3) is 0 Å². The van der Waals surface area contributed by atoms with Crippen LogP contribution in [0.5, 0.6) is 0 Å². The Morgan fingerprint density at radius 3 is 2.28 bits per heavy atom. The SMILES string of the molecule is CC(C)CC[C@@H](CCC(=O)NNC(N)=S)C(=O)[O-].